The number of halogens is 1. The Balaban J connectivity index is 1.84. The zero-order chi connectivity index (χ0) is 12.8. The molecule has 1 aliphatic heterocycles. The highest BCUT2D eigenvalue weighted by molar-refractivity contribution is 6.30. The van der Waals surface area contributed by atoms with Crippen LogP contribution in [-0.4, -0.2) is 19.3 Å². The van der Waals surface area contributed by atoms with Crippen molar-refractivity contribution in [3.63, 3.8) is 0 Å². The Morgan fingerprint density at radius 2 is 2.33 bits per heavy atom. The minimum absolute atomic E-state index is 0.365. The molecule has 1 atom stereocenters. The van der Waals surface area contributed by atoms with Gasteiger partial charge in [-0.25, -0.2) is 0 Å². The molecule has 18 heavy (non-hydrogen) atoms. The molecule has 2 rings (SSSR count). The van der Waals surface area contributed by atoms with Gasteiger partial charge in [-0.05, 0) is 43.9 Å². The summed E-state index contributed by atoms with van der Waals surface area (Å²) in [5, 5.41) is 12.9. The molecule has 1 aromatic carbocycles. The molecule has 1 saturated heterocycles. The van der Waals surface area contributed by atoms with E-state index in [1.807, 2.05) is 6.07 Å². The molecular formula is C14H17ClN2O. The standard InChI is InChI=1S/C14H17ClN2O/c15-12-4-5-14(11(9-12)10-16)17-7-6-13-3-1-2-8-18-13/h4-5,9,13,17H,1-3,6-8H2. The molecule has 1 unspecified atom stereocenters. The van der Waals surface area contributed by atoms with Crippen LogP contribution in [0.3, 0.4) is 0 Å². The van der Waals surface area contributed by atoms with Crippen LogP contribution in [0.5, 0.6) is 0 Å². The Hall–Kier alpha value is -1.24. The van der Waals surface area contributed by atoms with Crippen molar-refractivity contribution >= 4 is 17.3 Å². The van der Waals surface area contributed by atoms with Crippen molar-refractivity contribution in [1.29, 1.82) is 5.26 Å². The minimum atomic E-state index is 0.365. The van der Waals surface area contributed by atoms with Crippen molar-refractivity contribution in [3.05, 3.63) is 28.8 Å². The zero-order valence-electron chi connectivity index (χ0n) is 10.3. The molecule has 1 fully saturated rings. The molecule has 1 aromatic rings. The summed E-state index contributed by atoms with van der Waals surface area (Å²) >= 11 is 5.85. The first-order valence-corrected chi connectivity index (χ1v) is 6.72. The van der Waals surface area contributed by atoms with E-state index in [1.54, 1.807) is 12.1 Å². The molecule has 4 heteroatoms. The van der Waals surface area contributed by atoms with Crippen molar-refractivity contribution in [2.45, 2.75) is 31.8 Å². The zero-order valence-corrected chi connectivity index (χ0v) is 11.0. The second-order valence-electron chi connectivity index (χ2n) is 4.51. The van der Waals surface area contributed by atoms with Gasteiger partial charge in [0, 0.05) is 18.2 Å². The van der Waals surface area contributed by atoms with E-state index in [9.17, 15) is 0 Å². The summed E-state index contributed by atoms with van der Waals surface area (Å²) in [7, 11) is 0. The molecule has 0 bridgehead atoms. The van der Waals surface area contributed by atoms with Gasteiger partial charge in [-0.1, -0.05) is 11.6 Å². The van der Waals surface area contributed by atoms with Gasteiger partial charge < -0.3 is 10.1 Å². The molecular weight excluding hydrogens is 248 g/mol. The van der Waals surface area contributed by atoms with Crippen molar-refractivity contribution < 1.29 is 4.74 Å². The summed E-state index contributed by atoms with van der Waals surface area (Å²) in [5.41, 5.74) is 1.43. The van der Waals surface area contributed by atoms with E-state index in [0.29, 0.717) is 16.7 Å². The lowest BCUT2D eigenvalue weighted by Crippen LogP contribution is -2.22. The Labute approximate surface area is 113 Å². The van der Waals surface area contributed by atoms with Crippen LogP contribution in [0.15, 0.2) is 18.2 Å². The fourth-order valence-electron chi connectivity index (χ4n) is 2.17. The third kappa shape index (κ3) is 3.63. The highest BCUT2D eigenvalue weighted by Crippen LogP contribution is 2.21. The third-order valence-electron chi connectivity index (χ3n) is 3.16. The van der Waals surface area contributed by atoms with E-state index in [1.165, 1.54) is 12.8 Å². The van der Waals surface area contributed by atoms with Crippen molar-refractivity contribution in [2.24, 2.45) is 0 Å². The highest BCUT2D eigenvalue weighted by Gasteiger charge is 2.13. The third-order valence-corrected chi connectivity index (χ3v) is 3.39. The lowest BCUT2D eigenvalue weighted by atomic mass is 10.1. The molecule has 1 heterocycles. The highest BCUT2D eigenvalue weighted by atomic mass is 35.5. The number of hydrogen-bond donors (Lipinski definition) is 1. The number of anilines is 1. The first-order chi connectivity index (χ1) is 8.79. The molecule has 0 aromatic heterocycles. The summed E-state index contributed by atoms with van der Waals surface area (Å²) in [4.78, 5) is 0. The largest absolute Gasteiger partial charge is 0.384 e. The summed E-state index contributed by atoms with van der Waals surface area (Å²) in [6.07, 6.45) is 4.93. The first kappa shape index (κ1) is 13.2. The number of nitriles is 1. The molecule has 96 valence electrons. The van der Waals surface area contributed by atoms with Gasteiger partial charge in [0.15, 0.2) is 0 Å². The van der Waals surface area contributed by atoms with Gasteiger partial charge in [-0.2, -0.15) is 5.26 Å². The van der Waals surface area contributed by atoms with Gasteiger partial charge in [0.1, 0.15) is 6.07 Å². The first-order valence-electron chi connectivity index (χ1n) is 6.35. The second-order valence-corrected chi connectivity index (χ2v) is 4.94. The van der Waals surface area contributed by atoms with Gasteiger partial charge in [-0.3, -0.25) is 0 Å². The lowest BCUT2D eigenvalue weighted by molar-refractivity contribution is 0.0134. The van der Waals surface area contributed by atoms with E-state index in [4.69, 9.17) is 21.6 Å². The van der Waals surface area contributed by atoms with Crippen molar-refractivity contribution in [1.82, 2.24) is 0 Å². The molecule has 0 aliphatic carbocycles. The molecule has 3 nitrogen and oxygen atoms in total. The average molecular weight is 265 g/mol. The van der Waals surface area contributed by atoms with Crippen LogP contribution >= 0.6 is 11.6 Å². The van der Waals surface area contributed by atoms with Crippen molar-refractivity contribution in [3.8, 4) is 6.07 Å². The average Bonchev–Trinajstić information content (AvgIpc) is 2.41. The smallest absolute Gasteiger partial charge is 0.101 e. The number of nitrogens with zero attached hydrogens (tertiary/aromatic N) is 1. The SMILES string of the molecule is N#Cc1cc(Cl)ccc1NCCC1CCCCO1. The van der Waals surface area contributed by atoms with Crippen LogP contribution in [0.25, 0.3) is 0 Å². The van der Waals surface area contributed by atoms with Crippen LogP contribution in [0.2, 0.25) is 5.02 Å². The molecule has 0 amide bonds. The second kappa shape index (κ2) is 6.63. The van der Waals surface area contributed by atoms with E-state index >= 15 is 0 Å². The monoisotopic (exact) mass is 264 g/mol. The number of nitrogens with one attached hydrogen (secondary N) is 1. The minimum Gasteiger partial charge on any atom is -0.384 e. The van der Waals surface area contributed by atoms with Crippen LogP contribution in [0, 0.1) is 11.3 Å². The predicted molar refractivity (Wildman–Crippen MR) is 72.9 cm³/mol. The maximum atomic E-state index is 9.02. The lowest BCUT2D eigenvalue weighted by Gasteiger charge is -2.22. The summed E-state index contributed by atoms with van der Waals surface area (Å²) in [5.74, 6) is 0. The fourth-order valence-corrected chi connectivity index (χ4v) is 2.34. The Morgan fingerprint density at radius 3 is 3.06 bits per heavy atom. The van der Waals surface area contributed by atoms with Crippen molar-refractivity contribution in [2.75, 3.05) is 18.5 Å². The van der Waals surface area contributed by atoms with Gasteiger partial charge >= 0.3 is 0 Å². The Morgan fingerprint density at radius 1 is 1.44 bits per heavy atom. The van der Waals surface area contributed by atoms with Crippen LogP contribution in [0.1, 0.15) is 31.2 Å². The van der Waals surface area contributed by atoms with Gasteiger partial charge in [0.05, 0.1) is 17.4 Å². The van der Waals surface area contributed by atoms with Crippen LogP contribution in [-0.2, 0) is 4.74 Å². The van der Waals surface area contributed by atoms with E-state index in [-0.39, 0.29) is 0 Å². The Kier molecular flexibility index (Phi) is 4.86. The maximum absolute atomic E-state index is 9.02. The topological polar surface area (TPSA) is 45.0 Å². The van der Waals surface area contributed by atoms with E-state index in [2.05, 4.69) is 11.4 Å². The summed E-state index contributed by atoms with van der Waals surface area (Å²) < 4.78 is 5.67. The molecule has 0 spiro atoms. The molecule has 0 saturated carbocycles. The number of rotatable bonds is 4. The van der Waals surface area contributed by atoms with E-state index in [0.717, 1.165) is 31.7 Å². The normalized spacial score (nSPS) is 19.2. The number of hydrogen-bond acceptors (Lipinski definition) is 3. The van der Waals surface area contributed by atoms with Gasteiger partial charge in [0.2, 0.25) is 0 Å². The van der Waals surface area contributed by atoms with Crippen LogP contribution < -0.4 is 5.32 Å². The number of benzene rings is 1. The van der Waals surface area contributed by atoms with Gasteiger partial charge in [-0.15, -0.1) is 0 Å². The van der Waals surface area contributed by atoms with Crippen LogP contribution in [0.4, 0.5) is 5.69 Å². The summed E-state index contributed by atoms with van der Waals surface area (Å²) in [6, 6.07) is 7.47. The molecule has 0 radical (unpaired) electrons. The quantitative estimate of drug-likeness (QED) is 0.904. The van der Waals surface area contributed by atoms with Gasteiger partial charge in [0.25, 0.3) is 0 Å². The summed E-state index contributed by atoms with van der Waals surface area (Å²) in [6.45, 7) is 1.70. The fraction of sp³-hybridized carbons (Fsp3) is 0.500. The predicted octanol–water partition coefficient (Wildman–Crippen LogP) is 3.58. The number of ether oxygens (including phenoxy) is 1. The Bertz CT molecular complexity index is 436. The molecule has 1 N–H and O–H groups in total. The van der Waals surface area contributed by atoms with E-state index < -0.39 is 0 Å². The maximum Gasteiger partial charge on any atom is 0.101 e. The molecule has 1 aliphatic rings.